The van der Waals surface area contributed by atoms with Gasteiger partial charge in [0.05, 0.1) is 39.5 Å². The molecule has 17 rings (SSSR count). The first-order chi connectivity index (χ1) is 30.3. The fourth-order valence-electron chi connectivity index (χ4n) is 13.0. The Hall–Kier alpha value is -7.34. The smallest absolute Gasteiger partial charge is 0.252 e. The van der Waals surface area contributed by atoms with Crippen LogP contribution in [0, 0.1) is 0 Å². The van der Waals surface area contributed by atoms with Gasteiger partial charge in [0.1, 0.15) is 0 Å². The van der Waals surface area contributed by atoms with Gasteiger partial charge in [-0.2, -0.15) is 0 Å². The van der Waals surface area contributed by atoms with Gasteiger partial charge < -0.3 is 18.6 Å². The van der Waals surface area contributed by atoms with E-state index in [0.29, 0.717) is 0 Å². The highest BCUT2D eigenvalue weighted by atomic mass is 32.2. The molecule has 0 amide bonds. The highest BCUT2D eigenvalue weighted by molar-refractivity contribution is 7.99. The van der Waals surface area contributed by atoms with Crippen molar-refractivity contribution in [3.8, 4) is 17.1 Å². The number of anilines is 3. The summed E-state index contributed by atoms with van der Waals surface area (Å²) in [6.07, 6.45) is 0. The Morgan fingerprint density at radius 1 is 0.311 bits per heavy atom. The van der Waals surface area contributed by atoms with E-state index in [9.17, 15) is 0 Å². The van der Waals surface area contributed by atoms with Crippen LogP contribution in [0.1, 0.15) is 0 Å². The molecule has 8 heterocycles. The van der Waals surface area contributed by atoms with Gasteiger partial charge in [0.2, 0.25) is 0 Å². The lowest BCUT2D eigenvalue weighted by atomic mass is 9.30. The molecule has 0 atom stereocenters. The first-order valence-electron chi connectivity index (χ1n) is 21.4. The van der Waals surface area contributed by atoms with E-state index in [-0.39, 0.29) is 13.4 Å². The third-order valence-electron chi connectivity index (χ3n) is 14.9. The summed E-state index contributed by atoms with van der Waals surface area (Å²) in [6.45, 7) is 0.0565. The van der Waals surface area contributed by atoms with E-state index in [1.807, 2.05) is 11.8 Å². The molecule has 0 N–H and O–H groups in total. The molecule has 5 aliphatic heterocycles. The molecule has 0 saturated heterocycles. The van der Waals surface area contributed by atoms with Crippen molar-refractivity contribution >= 4 is 140 Å². The molecule has 7 heteroatoms. The number of benzene rings is 9. The van der Waals surface area contributed by atoms with Gasteiger partial charge in [-0.25, -0.2) is 0 Å². The Kier molecular flexibility index (Phi) is 5.10. The van der Waals surface area contributed by atoms with Gasteiger partial charge >= 0.3 is 0 Å². The quantitative estimate of drug-likeness (QED) is 0.155. The second-order valence-corrected chi connectivity index (χ2v) is 18.6. The minimum absolute atomic E-state index is 0.0283. The Morgan fingerprint density at radius 2 is 0.689 bits per heavy atom. The zero-order chi connectivity index (χ0) is 39.0. The number of para-hydroxylation sites is 8. The fraction of sp³-hybridized carbons (Fsp3) is 0. The summed E-state index contributed by atoms with van der Waals surface area (Å²) in [4.78, 5) is 5.20. The fourth-order valence-corrected chi connectivity index (χ4v) is 14.0. The second-order valence-electron chi connectivity index (χ2n) is 17.5. The maximum Gasteiger partial charge on any atom is 0.252 e. The molecule has 61 heavy (non-hydrogen) atoms. The minimum Gasteiger partial charge on any atom is -0.311 e. The lowest BCUT2D eigenvalue weighted by Gasteiger charge is -2.45. The Labute approximate surface area is 354 Å². The highest BCUT2D eigenvalue weighted by Gasteiger charge is 2.51. The highest BCUT2D eigenvalue weighted by Crippen LogP contribution is 2.56. The van der Waals surface area contributed by atoms with Crippen molar-refractivity contribution in [2.24, 2.45) is 0 Å². The van der Waals surface area contributed by atoms with E-state index >= 15 is 0 Å². The second kappa shape index (κ2) is 10.2. The summed E-state index contributed by atoms with van der Waals surface area (Å²) in [5.41, 5.74) is 23.8. The monoisotopic (exact) mass is 786 g/mol. The van der Waals surface area contributed by atoms with Gasteiger partial charge in [-0.1, -0.05) is 145 Å². The largest absolute Gasteiger partial charge is 0.311 e. The normalized spacial score (nSPS) is 14.4. The van der Waals surface area contributed by atoms with Crippen molar-refractivity contribution in [2.75, 3.05) is 4.90 Å². The van der Waals surface area contributed by atoms with E-state index in [4.69, 9.17) is 0 Å². The molecule has 0 saturated carbocycles. The molecule has 0 spiro atoms. The zero-order valence-corrected chi connectivity index (χ0v) is 33.3. The topological polar surface area (TPSA) is 18.0 Å². The van der Waals surface area contributed by atoms with E-state index in [2.05, 4.69) is 188 Å². The molecule has 3 aromatic heterocycles. The number of fused-ring (bicyclic) bond motifs is 15. The first kappa shape index (κ1) is 30.7. The number of nitrogens with zero attached hydrogens (tertiary/aromatic N) is 4. The van der Waals surface area contributed by atoms with Crippen LogP contribution >= 0.6 is 11.8 Å². The average molecular weight is 787 g/mol. The first-order valence-corrected chi connectivity index (χ1v) is 22.2. The van der Waals surface area contributed by atoms with Crippen LogP contribution in [0.2, 0.25) is 0 Å². The number of hydrogen-bond acceptors (Lipinski definition) is 2. The van der Waals surface area contributed by atoms with Gasteiger partial charge in [0.25, 0.3) is 13.4 Å². The maximum atomic E-state index is 2.73. The average Bonchev–Trinajstić information content (AvgIpc) is 3.96. The SMILES string of the molecule is c1ccc2c(c1)Sc1ccccc1N2c1c2c3c4c5c1-n1c6ccccc6c6cccc(c61)B5c1cccc5c6cccc(c6n-4c15)B3c1cccc3c4ccccc4n-2c13. The van der Waals surface area contributed by atoms with Crippen molar-refractivity contribution in [3.05, 3.63) is 170 Å². The molecule has 0 fully saturated rings. The zero-order valence-electron chi connectivity index (χ0n) is 32.5. The van der Waals surface area contributed by atoms with Crippen LogP contribution in [0.5, 0.6) is 0 Å². The van der Waals surface area contributed by atoms with E-state index in [0.717, 1.165) is 0 Å². The predicted octanol–water partition coefficient (Wildman–Crippen LogP) is 9.20. The van der Waals surface area contributed by atoms with Crippen molar-refractivity contribution in [2.45, 2.75) is 9.79 Å². The van der Waals surface area contributed by atoms with Crippen molar-refractivity contribution in [1.29, 1.82) is 0 Å². The summed E-state index contributed by atoms with van der Waals surface area (Å²) < 4.78 is 8.11. The van der Waals surface area contributed by atoms with Crippen LogP contribution in [-0.4, -0.2) is 27.1 Å². The van der Waals surface area contributed by atoms with Crippen LogP contribution in [0.3, 0.4) is 0 Å². The van der Waals surface area contributed by atoms with Crippen LogP contribution in [0.25, 0.3) is 82.5 Å². The van der Waals surface area contributed by atoms with Gasteiger partial charge in [0.15, 0.2) is 0 Å². The Bertz CT molecular complexity index is 3880. The van der Waals surface area contributed by atoms with Crippen molar-refractivity contribution in [3.63, 3.8) is 0 Å². The molecule has 276 valence electrons. The lowest BCUT2D eigenvalue weighted by Crippen LogP contribution is -2.66. The standard InChI is InChI=1S/C54H28B2N4S/c1-3-23-39-29(13-1)31-15-9-19-35-47(31)58(39)52-45-51-46-53(54(52)57-41-25-5-7-27-43(41)61-44-28-8-6-26-42(44)57)59-40-24-4-2-14-30(40)32-16-10-20-36(48(32)59)56(46)38-22-12-18-34-33-17-11-21-37(55(35)45)49(33)60(51)50(34)38/h1-28H. The van der Waals surface area contributed by atoms with E-state index in [1.54, 1.807) is 0 Å². The molecule has 0 bridgehead atoms. The van der Waals surface area contributed by atoms with E-state index < -0.39 is 0 Å². The molecule has 0 radical (unpaired) electrons. The third kappa shape index (κ3) is 3.23. The van der Waals surface area contributed by atoms with Crippen LogP contribution in [-0.2, 0) is 0 Å². The molecular formula is C54H28B2N4S. The van der Waals surface area contributed by atoms with Gasteiger partial charge in [-0.15, -0.1) is 0 Å². The molecule has 4 nitrogen and oxygen atoms in total. The molecule has 12 aromatic rings. The maximum absolute atomic E-state index is 2.73. The van der Waals surface area contributed by atoms with Crippen LogP contribution in [0.15, 0.2) is 180 Å². The van der Waals surface area contributed by atoms with E-state index in [1.165, 1.54) is 142 Å². The van der Waals surface area contributed by atoms with Gasteiger partial charge in [-0.3, -0.25) is 0 Å². The summed E-state index contributed by atoms with van der Waals surface area (Å²) in [6, 6.07) is 64.9. The van der Waals surface area contributed by atoms with Crippen molar-refractivity contribution in [1.82, 2.24) is 13.7 Å². The minimum atomic E-state index is 0.0283. The summed E-state index contributed by atoms with van der Waals surface area (Å²) in [7, 11) is 0. The molecule has 9 aromatic carbocycles. The number of rotatable bonds is 1. The molecular weight excluding hydrogens is 758 g/mol. The third-order valence-corrected chi connectivity index (χ3v) is 16.1. The molecule has 0 aliphatic carbocycles. The van der Waals surface area contributed by atoms with Crippen molar-refractivity contribution < 1.29 is 0 Å². The van der Waals surface area contributed by atoms with Gasteiger partial charge in [-0.05, 0) is 69.2 Å². The van der Waals surface area contributed by atoms with Crippen LogP contribution in [0.4, 0.5) is 17.1 Å². The Balaban J connectivity index is 1.23. The molecule has 5 aliphatic rings. The van der Waals surface area contributed by atoms with Crippen LogP contribution < -0.4 is 37.7 Å². The number of hydrogen-bond donors (Lipinski definition) is 0. The predicted molar refractivity (Wildman–Crippen MR) is 258 cm³/mol. The lowest BCUT2D eigenvalue weighted by molar-refractivity contribution is 1.07. The summed E-state index contributed by atoms with van der Waals surface area (Å²) >= 11 is 1.88. The summed E-state index contributed by atoms with van der Waals surface area (Å²) in [5.74, 6) is 0. The van der Waals surface area contributed by atoms with Gasteiger partial charge in [0, 0.05) is 69.9 Å². The Morgan fingerprint density at radius 3 is 1.16 bits per heavy atom. The number of aromatic nitrogens is 3. The molecule has 0 unspecified atom stereocenters. The summed E-state index contributed by atoms with van der Waals surface area (Å²) in [5, 5.41) is 7.89.